The highest BCUT2D eigenvalue weighted by Gasteiger charge is 2.12. The fraction of sp³-hybridized carbons (Fsp3) is 0.143. The molecule has 2 aromatic rings. The van der Waals surface area contributed by atoms with Crippen molar-refractivity contribution in [3.8, 4) is 0 Å². The summed E-state index contributed by atoms with van der Waals surface area (Å²) in [4.78, 5) is 0. The maximum absolute atomic E-state index is 13.7. The van der Waals surface area contributed by atoms with Crippen LogP contribution >= 0.6 is 23.2 Å². The van der Waals surface area contributed by atoms with Gasteiger partial charge in [-0.1, -0.05) is 41.4 Å². The van der Waals surface area contributed by atoms with Crippen molar-refractivity contribution < 1.29 is 4.39 Å². The molecule has 0 aliphatic heterocycles. The standard InChI is InChI=1S/C14H13Cl2FN2/c1-8(9-4-2-3-5-12(9)17)19-14-7-11(16)10(15)6-13(14)18/h2-8,19H,18H2,1H3. The van der Waals surface area contributed by atoms with Crippen LogP contribution in [0.15, 0.2) is 36.4 Å². The van der Waals surface area contributed by atoms with Crippen LogP contribution in [0.2, 0.25) is 10.0 Å². The number of halogens is 3. The van der Waals surface area contributed by atoms with Gasteiger partial charge in [-0.15, -0.1) is 0 Å². The zero-order valence-corrected chi connectivity index (χ0v) is 11.8. The summed E-state index contributed by atoms with van der Waals surface area (Å²) in [7, 11) is 0. The Labute approximate surface area is 121 Å². The van der Waals surface area contributed by atoms with E-state index in [1.165, 1.54) is 6.07 Å². The Morgan fingerprint density at radius 3 is 2.47 bits per heavy atom. The lowest BCUT2D eigenvalue weighted by Crippen LogP contribution is -2.10. The number of hydrogen-bond donors (Lipinski definition) is 2. The third-order valence-electron chi connectivity index (χ3n) is 2.84. The number of nitrogens with two attached hydrogens (primary N) is 1. The van der Waals surface area contributed by atoms with E-state index in [4.69, 9.17) is 28.9 Å². The molecule has 0 heterocycles. The zero-order valence-electron chi connectivity index (χ0n) is 10.3. The first-order chi connectivity index (χ1) is 8.99. The zero-order chi connectivity index (χ0) is 14.0. The van der Waals surface area contributed by atoms with Gasteiger partial charge in [-0.05, 0) is 25.1 Å². The van der Waals surface area contributed by atoms with Crippen molar-refractivity contribution >= 4 is 34.6 Å². The van der Waals surface area contributed by atoms with Gasteiger partial charge in [0.05, 0.1) is 27.5 Å². The topological polar surface area (TPSA) is 38.0 Å². The Morgan fingerprint density at radius 1 is 1.16 bits per heavy atom. The number of anilines is 2. The van der Waals surface area contributed by atoms with Gasteiger partial charge in [0.25, 0.3) is 0 Å². The largest absolute Gasteiger partial charge is 0.397 e. The summed E-state index contributed by atoms with van der Waals surface area (Å²) < 4.78 is 13.7. The molecule has 2 aromatic carbocycles. The molecule has 0 spiro atoms. The molecule has 1 atom stereocenters. The predicted molar refractivity (Wildman–Crippen MR) is 79.3 cm³/mol. The van der Waals surface area contributed by atoms with Gasteiger partial charge in [-0.25, -0.2) is 4.39 Å². The highest BCUT2D eigenvalue weighted by Crippen LogP contribution is 2.33. The van der Waals surface area contributed by atoms with Gasteiger partial charge in [0.2, 0.25) is 0 Å². The molecule has 0 bridgehead atoms. The Hall–Kier alpha value is -1.45. The highest BCUT2D eigenvalue weighted by molar-refractivity contribution is 6.42. The van der Waals surface area contributed by atoms with Gasteiger partial charge in [0.15, 0.2) is 0 Å². The van der Waals surface area contributed by atoms with Gasteiger partial charge in [-0.3, -0.25) is 0 Å². The number of benzene rings is 2. The van der Waals surface area contributed by atoms with Crippen LogP contribution in [0, 0.1) is 5.82 Å². The molecule has 0 saturated heterocycles. The average molecular weight is 299 g/mol. The van der Waals surface area contributed by atoms with Crippen molar-refractivity contribution in [2.75, 3.05) is 11.1 Å². The minimum Gasteiger partial charge on any atom is -0.397 e. The predicted octanol–water partition coefficient (Wildman–Crippen LogP) is 4.89. The van der Waals surface area contributed by atoms with Gasteiger partial charge >= 0.3 is 0 Å². The lowest BCUT2D eigenvalue weighted by Gasteiger charge is -2.18. The van der Waals surface area contributed by atoms with Crippen LogP contribution in [0.5, 0.6) is 0 Å². The summed E-state index contributed by atoms with van der Waals surface area (Å²) in [6.45, 7) is 1.85. The Balaban J connectivity index is 2.27. The molecule has 0 radical (unpaired) electrons. The van der Waals surface area contributed by atoms with E-state index in [0.717, 1.165) is 0 Å². The van der Waals surface area contributed by atoms with Gasteiger partial charge in [0, 0.05) is 5.56 Å². The van der Waals surface area contributed by atoms with Crippen LogP contribution in [0.4, 0.5) is 15.8 Å². The Morgan fingerprint density at radius 2 is 1.79 bits per heavy atom. The molecule has 0 aliphatic rings. The first-order valence-corrected chi connectivity index (χ1v) is 6.50. The summed E-state index contributed by atoms with van der Waals surface area (Å²) >= 11 is 11.8. The molecule has 0 aliphatic carbocycles. The summed E-state index contributed by atoms with van der Waals surface area (Å²) in [6.07, 6.45) is 0. The normalized spacial score (nSPS) is 12.2. The van der Waals surface area contributed by atoms with Crippen molar-refractivity contribution in [2.24, 2.45) is 0 Å². The van der Waals surface area contributed by atoms with Crippen LogP contribution in [-0.4, -0.2) is 0 Å². The molecule has 19 heavy (non-hydrogen) atoms. The monoisotopic (exact) mass is 298 g/mol. The molecule has 2 rings (SSSR count). The second kappa shape index (κ2) is 5.68. The van der Waals surface area contributed by atoms with Crippen LogP contribution in [0.25, 0.3) is 0 Å². The van der Waals surface area contributed by atoms with Crippen molar-refractivity contribution in [3.05, 3.63) is 57.8 Å². The number of rotatable bonds is 3. The van der Waals surface area contributed by atoms with Crippen LogP contribution in [0.1, 0.15) is 18.5 Å². The van der Waals surface area contributed by atoms with Gasteiger partial charge in [0.1, 0.15) is 5.82 Å². The van der Waals surface area contributed by atoms with Crippen LogP contribution in [0.3, 0.4) is 0 Å². The van der Waals surface area contributed by atoms with E-state index in [0.29, 0.717) is 27.0 Å². The lowest BCUT2D eigenvalue weighted by atomic mass is 10.1. The van der Waals surface area contributed by atoms with Crippen molar-refractivity contribution in [3.63, 3.8) is 0 Å². The fourth-order valence-corrected chi connectivity index (χ4v) is 2.16. The van der Waals surface area contributed by atoms with E-state index < -0.39 is 0 Å². The first-order valence-electron chi connectivity index (χ1n) is 5.74. The fourth-order valence-electron chi connectivity index (χ4n) is 1.82. The van der Waals surface area contributed by atoms with E-state index in [1.807, 2.05) is 6.92 Å². The van der Waals surface area contributed by atoms with Crippen LogP contribution in [-0.2, 0) is 0 Å². The summed E-state index contributed by atoms with van der Waals surface area (Å²) in [5.74, 6) is -0.263. The Kier molecular flexibility index (Phi) is 4.17. The second-order valence-corrected chi connectivity index (χ2v) is 5.06. The quantitative estimate of drug-likeness (QED) is 0.792. The van der Waals surface area contributed by atoms with Crippen LogP contribution < -0.4 is 11.1 Å². The van der Waals surface area contributed by atoms with Gasteiger partial charge < -0.3 is 11.1 Å². The molecule has 3 N–H and O–H groups in total. The molecular formula is C14H13Cl2FN2. The Bertz CT molecular complexity index is 602. The third-order valence-corrected chi connectivity index (χ3v) is 3.56. The smallest absolute Gasteiger partial charge is 0.128 e. The minimum atomic E-state index is -0.263. The molecule has 0 saturated carbocycles. The molecule has 2 nitrogen and oxygen atoms in total. The second-order valence-electron chi connectivity index (χ2n) is 4.24. The van der Waals surface area contributed by atoms with E-state index in [9.17, 15) is 4.39 Å². The molecule has 0 amide bonds. The van der Waals surface area contributed by atoms with Gasteiger partial charge in [-0.2, -0.15) is 0 Å². The molecule has 100 valence electrons. The summed E-state index contributed by atoms with van der Waals surface area (Å²) in [5.41, 5.74) is 7.52. The maximum atomic E-state index is 13.7. The van der Waals surface area contributed by atoms with E-state index in [2.05, 4.69) is 5.32 Å². The molecule has 5 heteroatoms. The van der Waals surface area contributed by atoms with Crippen molar-refractivity contribution in [1.82, 2.24) is 0 Å². The van der Waals surface area contributed by atoms with Crippen molar-refractivity contribution in [2.45, 2.75) is 13.0 Å². The third kappa shape index (κ3) is 3.11. The van der Waals surface area contributed by atoms with E-state index in [1.54, 1.807) is 30.3 Å². The molecule has 1 unspecified atom stereocenters. The number of nitrogen functional groups attached to an aromatic ring is 1. The molecule has 0 fully saturated rings. The number of nitrogens with one attached hydrogen (secondary N) is 1. The minimum absolute atomic E-state index is 0.235. The average Bonchev–Trinajstić information content (AvgIpc) is 2.36. The van der Waals surface area contributed by atoms with Crippen molar-refractivity contribution in [1.29, 1.82) is 0 Å². The summed E-state index contributed by atoms with van der Waals surface area (Å²) in [5, 5.41) is 3.92. The lowest BCUT2D eigenvalue weighted by molar-refractivity contribution is 0.600. The first kappa shape index (κ1) is 14.0. The maximum Gasteiger partial charge on any atom is 0.128 e. The molecule has 0 aromatic heterocycles. The number of hydrogen-bond acceptors (Lipinski definition) is 2. The van der Waals surface area contributed by atoms with E-state index in [-0.39, 0.29) is 11.9 Å². The highest BCUT2D eigenvalue weighted by atomic mass is 35.5. The van der Waals surface area contributed by atoms with E-state index >= 15 is 0 Å². The SMILES string of the molecule is CC(Nc1cc(Cl)c(Cl)cc1N)c1ccccc1F. The summed E-state index contributed by atoms with van der Waals surface area (Å²) in [6, 6.07) is 9.55. The molecular weight excluding hydrogens is 286 g/mol.